The Kier molecular flexibility index (Phi) is 3.35. The van der Waals surface area contributed by atoms with Crippen LogP contribution in [0.15, 0.2) is 47.5 Å². The third-order valence-electron chi connectivity index (χ3n) is 4.37. The molecule has 1 saturated heterocycles. The van der Waals surface area contributed by atoms with E-state index in [1.165, 1.54) is 0 Å². The Balaban J connectivity index is 1.49. The van der Waals surface area contributed by atoms with Gasteiger partial charge in [0.2, 0.25) is 13.6 Å². The third-order valence-corrected chi connectivity index (χ3v) is 4.37. The summed E-state index contributed by atoms with van der Waals surface area (Å²) >= 11 is 0. The van der Waals surface area contributed by atoms with Crippen LogP contribution in [0.3, 0.4) is 0 Å². The van der Waals surface area contributed by atoms with Crippen molar-refractivity contribution in [3.05, 3.63) is 58.7 Å². The second-order valence-electron chi connectivity index (χ2n) is 6.03. The molecule has 5 rings (SSSR count). The second-order valence-corrected chi connectivity index (χ2v) is 6.03. The summed E-state index contributed by atoms with van der Waals surface area (Å²) in [6.45, 7) is 0.683. The van der Waals surface area contributed by atoms with E-state index in [2.05, 4.69) is 0 Å². The third kappa shape index (κ3) is 2.56. The predicted molar refractivity (Wildman–Crippen MR) is 92.0 cm³/mol. The van der Waals surface area contributed by atoms with Crippen molar-refractivity contribution in [3.63, 3.8) is 0 Å². The average Bonchev–Trinajstić information content (AvgIpc) is 3.37. The van der Waals surface area contributed by atoms with Crippen LogP contribution in [0.5, 0.6) is 23.0 Å². The van der Waals surface area contributed by atoms with Crippen molar-refractivity contribution in [2.24, 2.45) is 0 Å². The molecule has 2 aromatic rings. The van der Waals surface area contributed by atoms with Gasteiger partial charge in [-0.15, -0.1) is 0 Å². The van der Waals surface area contributed by atoms with Crippen LogP contribution in [0.25, 0.3) is 12.2 Å². The Hall–Kier alpha value is -3.41. The van der Waals surface area contributed by atoms with Crippen LogP contribution < -0.4 is 18.9 Å². The van der Waals surface area contributed by atoms with E-state index in [0.29, 0.717) is 22.8 Å². The number of hydrogen-bond donors (Lipinski definition) is 0. The highest BCUT2D eigenvalue weighted by Gasteiger charge is 2.25. The highest BCUT2D eigenvalue weighted by atomic mass is 16.7. The summed E-state index contributed by atoms with van der Waals surface area (Å²) in [5, 5.41) is 0. The number of esters is 1. The van der Waals surface area contributed by atoms with Crippen molar-refractivity contribution in [1.82, 2.24) is 0 Å². The molecule has 26 heavy (non-hydrogen) atoms. The van der Waals surface area contributed by atoms with Crippen LogP contribution >= 0.6 is 0 Å². The van der Waals surface area contributed by atoms with Crippen molar-refractivity contribution in [2.75, 3.05) is 20.2 Å². The molecule has 6 heteroatoms. The first kappa shape index (κ1) is 14.9. The lowest BCUT2D eigenvalue weighted by Crippen LogP contribution is -1.95. The topological polar surface area (TPSA) is 63.2 Å². The minimum Gasteiger partial charge on any atom is -0.457 e. The molecule has 0 N–H and O–H groups in total. The van der Waals surface area contributed by atoms with E-state index in [-0.39, 0.29) is 26.2 Å². The van der Waals surface area contributed by atoms with E-state index < -0.39 is 0 Å². The summed E-state index contributed by atoms with van der Waals surface area (Å²) in [7, 11) is 0. The van der Waals surface area contributed by atoms with Gasteiger partial charge in [0.15, 0.2) is 23.0 Å². The molecule has 1 fully saturated rings. The zero-order chi connectivity index (χ0) is 17.5. The quantitative estimate of drug-likeness (QED) is 0.612. The van der Waals surface area contributed by atoms with Gasteiger partial charge in [-0.1, -0.05) is 12.1 Å². The average molecular weight is 350 g/mol. The van der Waals surface area contributed by atoms with Crippen LogP contribution in [0.4, 0.5) is 0 Å². The minimum absolute atomic E-state index is 0.215. The molecule has 0 aliphatic carbocycles. The first-order valence-corrected chi connectivity index (χ1v) is 8.15. The first-order valence-electron chi connectivity index (χ1n) is 8.15. The normalized spacial score (nSPS) is 20.1. The van der Waals surface area contributed by atoms with E-state index >= 15 is 0 Å². The summed E-state index contributed by atoms with van der Waals surface area (Å²) in [5.41, 5.74) is 3.10. The molecule has 3 aliphatic rings. The Morgan fingerprint density at radius 3 is 1.92 bits per heavy atom. The minimum atomic E-state index is -0.338. The molecular weight excluding hydrogens is 336 g/mol. The van der Waals surface area contributed by atoms with Crippen molar-refractivity contribution < 1.29 is 28.5 Å². The monoisotopic (exact) mass is 350 g/mol. The van der Waals surface area contributed by atoms with Gasteiger partial charge in [-0.25, -0.2) is 4.79 Å². The fourth-order valence-corrected chi connectivity index (χ4v) is 3.07. The number of hydrogen-bond acceptors (Lipinski definition) is 6. The molecule has 3 aliphatic heterocycles. The van der Waals surface area contributed by atoms with E-state index in [1.807, 2.05) is 42.5 Å². The van der Waals surface area contributed by atoms with Crippen molar-refractivity contribution in [1.29, 1.82) is 0 Å². The van der Waals surface area contributed by atoms with Crippen LogP contribution in [0.1, 0.15) is 11.1 Å². The molecule has 0 atom stereocenters. The molecule has 0 aromatic heterocycles. The summed E-state index contributed by atoms with van der Waals surface area (Å²) in [4.78, 5) is 12.2. The zero-order valence-corrected chi connectivity index (χ0v) is 13.7. The summed E-state index contributed by atoms with van der Waals surface area (Å²) < 4.78 is 26.6. The molecule has 0 spiro atoms. The fraction of sp³-hybridized carbons (Fsp3) is 0.150. The molecule has 2 aromatic carbocycles. The number of cyclic esters (lactones) is 1. The van der Waals surface area contributed by atoms with Gasteiger partial charge in [0.25, 0.3) is 0 Å². The highest BCUT2D eigenvalue weighted by Crippen LogP contribution is 2.36. The smallest absolute Gasteiger partial charge is 0.338 e. The number of rotatable bonds is 2. The van der Waals surface area contributed by atoms with Gasteiger partial charge >= 0.3 is 5.97 Å². The van der Waals surface area contributed by atoms with Crippen molar-refractivity contribution >= 4 is 18.1 Å². The van der Waals surface area contributed by atoms with E-state index in [4.69, 9.17) is 23.7 Å². The Morgan fingerprint density at radius 2 is 1.27 bits per heavy atom. The van der Waals surface area contributed by atoms with Crippen molar-refractivity contribution in [2.45, 2.75) is 0 Å². The lowest BCUT2D eigenvalue weighted by Gasteiger charge is -2.02. The summed E-state index contributed by atoms with van der Waals surface area (Å²) in [6.07, 6.45) is 3.72. The van der Waals surface area contributed by atoms with Gasteiger partial charge in [-0.05, 0) is 47.5 Å². The Morgan fingerprint density at radius 1 is 0.692 bits per heavy atom. The number of carbonyl (C=O) groups excluding carboxylic acids is 1. The zero-order valence-electron chi connectivity index (χ0n) is 13.7. The molecule has 0 bridgehead atoms. The number of benzene rings is 2. The molecule has 0 amide bonds. The molecule has 130 valence electrons. The van der Waals surface area contributed by atoms with Gasteiger partial charge in [0.05, 0.1) is 5.57 Å². The predicted octanol–water partition coefficient (Wildman–Crippen LogP) is 3.17. The highest BCUT2D eigenvalue weighted by molar-refractivity contribution is 6.02. The van der Waals surface area contributed by atoms with E-state index in [0.717, 1.165) is 22.4 Å². The van der Waals surface area contributed by atoms with Crippen molar-refractivity contribution in [3.8, 4) is 23.0 Å². The maximum absolute atomic E-state index is 12.2. The Labute approximate surface area is 149 Å². The first-order chi connectivity index (χ1) is 12.8. The van der Waals surface area contributed by atoms with Gasteiger partial charge in [-0.3, -0.25) is 0 Å². The van der Waals surface area contributed by atoms with Crippen LogP contribution in [-0.4, -0.2) is 26.2 Å². The largest absolute Gasteiger partial charge is 0.457 e. The van der Waals surface area contributed by atoms with Crippen LogP contribution in [-0.2, 0) is 9.53 Å². The Bertz CT molecular complexity index is 972. The summed E-state index contributed by atoms with van der Waals surface area (Å²) in [5.74, 6) is 2.46. The fourth-order valence-electron chi connectivity index (χ4n) is 3.07. The van der Waals surface area contributed by atoms with E-state index in [1.54, 1.807) is 6.08 Å². The second kappa shape index (κ2) is 5.84. The number of fused-ring (bicyclic) bond motifs is 2. The standard InChI is InChI=1S/C20H14O6/c21-20-15(6-13-2-4-17-19(8-13)26-11-24-17)14(9-22-20)5-12-1-3-16-18(7-12)25-10-23-16/h1-8H,9-11H2/b14-5-,15-6+. The molecule has 0 saturated carbocycles. The lowest BCUT2D eigenvalue weighted by molar-refractivity contribution is -0.134. The molecule has 3 heterocycles. The van der Waals surface area contributed by atoms with Crippen LogP contribution in [0, 0.1) is 0 Å². The van der Waals surface area contributed by atoms with Gasteiger partial charge < -0.3 is 23.7 Å². The van der Waals surface area contributed by atoms with Gasteiger partial charge in [-0.2, -0.15) is 0 Å². The molecule has 0 radical (unpaired) electrons. The van der Waals surface area contributed by atoms with Gasteiger partial charge in [0.1, 0.15) is 6.61 Å². The molecule has 0 unspecified atom stereocenters. The van der Waals surface area contributed by atoms with Gasteiger partial charge in [0, 0.05) is 5.57 Å². The molecule has 6 nitrogen and oxygen atoms in total. The molecular formula is C20H14O6. The maximum atomic E-state index is 12.2. The van der Waals surface area contributed by atoms with E-state index in [9.17, 15) is 4.79 Å². The lowest BCUT2D eigenvalue weighted by atomic mass is 10.0. The summed E-state index contributed by atoms with van der Waals surface area (Å²) in [6, 6.07) is 11.2. The maximum Gasteiger partial charge on any atom is 0.338 e. The van der Waals surface area contributed by atoms with Crippen LogP contribution in [0.2, 0.25) is 0 Å². The SMILES string of the molecule is O=C1OCC(=C/c2ccc3c(c2)OCO3)/C1=C\c1ccc2c(c1)OCO2. The number of carbonyl (C=O) groups is 1. The number of ether oxygens (including phenoxy) is 5.